The molecule has 0 atom stereocenters. The lowest BCUT2D eigenvalue weighted by atomic mass is 10.1. The monoisotopic (exact) mass is 392 g/mol. The Morgan fingerprint density at radius 1 is 0.862 bits per heavy atom. The highest BCUT2D eigenvalue weighted by atomic mass is 16.5. The van der Waals surface area contributed by atoms with E-state index in [2.05, 4.69) is 10.6 Å². The van der Waals surface area contributed by atoms with Crippen molar-refractivity contribution in [2.75, 3.05) is 25.1 Å². The average Bonchev–Trinajstić information content (AvgIpc) is 2.74. The number of benzene rings is 3. The summed E-state index contributed by atoms with van der Waals surface area (Å²) in [7, 11) is 0. The van der Waals surface area contributed by atoms with Crippen LogP contribution in [0.1, 0.15) is 24.2 Å². The van der Waals surface area contributed by atoms with Crippen molar-refractivity contribution in [3.63, 3.8) is 0 Å². The van der Waals surface area contributed by atoms with Crippen LogP contribution in [-0.4, -0.2) is 31.6 Å². The summed E-state index contributed by atoms with van der Waals surface area (Å²) >= 11 is 0. The second kappa shape index (κ2) is 9.59. The van der Waals surface area contributed by atoms with Crippen LogP contribution in [0.5, 0.6) is 11.5 Å². The van der Waals surface area contributed by atoms with Crippen molar-refractivity contribution in [1.29, 1.82) is 0 Å². The molecule has 6 nitrogen and oxygen atoms in total. The first-order valence-corrected chi connectivity index (χ1v) is 9.57. The lowest BCUT2D eigenvalue weighted by Gasteiger charge is -2.13. The van der Waals surface area contributed by atoms with Crippen molar-refractivity contribution in [1.82, 2.24) is 5.32 Å². The molecule has 150 valence electrons. The molecule has 0 spiro atoms. The standard InChI is InChI=1S/C23H24N2O4/c1-3-28-20-13-12-17(14-21(20)29-4-2)23(27)24-15-22(26)25-19-11-7-9-16-8-5-6-10-18(16)19/h5-14H,3-4,15H2,1-2H3,(H,24,27)(H,25,26). The number of fused-ring (bicyclic) bond motifs is 1. The zero-order valence-corrected chi connectivity index (χ0v) is 16.5. The largest absolute Gasteiger partial charge is 0.490 e. The first-order chi connectivity index (χ1) is 14.1. The topological polar surface area (TPSA) is 76.7 Å². The van der Waals surface area contributed by atoms with E-state index in [0.717, 1.165) is 10.8 Å². The van der Waals surface area contributed by atoms with Gasteiger partial charge in [-0.2, -0.15) is 0 Å². The minimum atomic E-state index is -0.359. The number of ether oxygens (including phenoxy) is 2. The summed E-state index contributed by atoms with van der Waals surface area (Å²) < 4.78 is 11.0. The number of carbonyl (C=O) groups is 2. The maximum Gasteiger partial charge on any atom is 0.251 e. The molecule has 0 heterocycles. The molecule has 3 aromatic rings. The van der Waals surface area contributed by atoms with Gasteiger partial charge < -0.3 is 20.1 Å². The number of anilines is 1. The van der Waals surface area contributed by atoms with Crippen LogP contribution in [0.25, 0.3) is 10.8 Å². The summed E-state index contributed by atoms with van der Waals surface area (Å²) in [5.41, 5.74) is 1.11. The Balaban J connectivity index is 1.64. The zero-order chi connectivity index (χ0) is 20.6. The molecule has 0 radical (unpaired) electrons. The molecule has 0 aliphatic rings. The number of hydrogen-bond donors (Lipinski definition) is 2. The molecule has 2 N–H and O–H groups in total. The Morgan fingerprint density at radius 2 is 1.59 bits per heavy atom. The van der Waals surface area contributed by atoms with E-state index in [0.29, 0.717) is 36.0 Å². The van der Waals surface area contributed by atoms with Crippen molar-refractivity contribution in [2.45, 2.75) is 13.8 Å². The van der Waals surface area contributed by atoms with Crippen LogP contribution >= 0.6 is 0 Å². The number of amides is 2. The van der Waals surface area contributed by atoms with Crippen molar-refractivity contribution in [2.24, 2.45) is 0 Å². The van der Waals surface area contributed by atoms with Gasteiger partial charge in [-0.3, -0.25) is 9.59 Å². The third kappa shape index (κ3) is 5.04. The van der Waals surface area contributed by atoms with E-state index in [-0.39, 0.29) is 18.4 Å². The molecule has 0 fully saturated rings. The molecule has 6 heteroatoms. The normalized spacial score (nSPS) is 10.4. The Morgan fingerprint density at radius 3 is 2.38 bits per heavy atom. The molecule has 0 bridgehead atoms. The average molecular weight is 392 g/mol. The fourth-order valence-electron chi connectivity index (χ4n) is 2.98. The van der Waals surface area contributed by atoms with Crippen LogP contribution in [0, 0.1) is 0 Å². The summed E-state index contributed by atoms with van der Waals surface area (Å²) in [6, 6.07) is 18.4. The van der Waals surface area contributed by atoms with Crippen LogP contribution in [0.2, 0.25) is 0 Å². The minimum absolute atomic E-state index is 0.140. The molecule has 0 aliphatic carbocycles. The number of rotatable bonds is 8. The Bertz CT molecular complexity index is 1010. The van der Waals surface area contributed by atoms with Crippen LogP contribution in [-0.2, 0) is 4.79 Å². The summed E-state index contributed by atoms with van der Waals surface area (Å²) in [4.78, 5) is 24.8. The summed E-state index contributed by atoms with van der Waals surface area (Å²) in [6.45, 7) is 4.56. The first kappa shape index (κ1) is 20.2. The molecule has 0 aromatic heterocycles. The molecule has 0 unspecified atom stereocenters. The van der Waals surface area contributed by atoms with Gasteiger partial charge in [0.1, 0.15) is 0 Å². The summed E-state index contributed by atoms with van der Waals surface area (Å²) in [5.74, 6) is 0.426. The van der Waals surface area contributed by atoms with Crippen LogP contribution in [0.3, 0.4) is 0 Å². The highest BCUT2D eigenvalue weighted by Crippen LogP contribution is 2.28. The van der Waals surface area contributed by atoms with Crippen molar-refractivity contribution in [3.05, 3.63) is 66.2 Å². The van der Waals surface area contributed by atoms with Crippen molar-refractivity contribution < 1.29 is 19.1 Å². The molecule has 0 saturated heterocycles. The van der Waals surface area contributed by atoms with E-state index in [4.69, 9.17) is 9.47 Å². The highest BCUT2D eigenvalue weighted by molar-refractivity contribution is 6.04. The third-order valence-electron chi connectivity index (χ3n) is 4.28. The molecule has 0 aliphatic heterocycles. The highest BCUT2D eigenvalue weighted by Gasteiger charge is 2.13. The molecule has 2 amide bonds. The van der Waals surface area contributed by atoms with Gasteiger partial charge in [0, 0.05) is 16.6 Å². The minimum Gasteiger partial charge on any atom is -0.490 e. The maximum absolute atomic E-state index is 12.5. The Kier molecular flexibility index (Phi) is 6.68. The van der Waals surface area contributed by atoms with Gasteiger partial charge in [0.2, 0.25) is 5.91 Å². The number of hydrogen-bond acceptors (Lipinski definition) is 4. The number of carbonyl (C=O) groups excluding carboxylic acids is 2. The second-order valence-electron chi connectivity index (χ2n) is 6.29. The maximum atomic E-state index is 12.5. The van der Waals surface area contributed by atoms with Gasteiger partial charge in [-0.15, -0.1) is 0 Å². The van der Waals surface area contributed by atoms with Crippen LogP contribution < -0.4 is 20.1 Å². The van der Waals surface area contributed by atoms with E-state index in [1.807, 2.05) is 56.3 Å². The van der Waals surface area contributed by atoms with Crippen LogP contribution in [0.15, 0.2) is 60.7 Å². The predicted molar refractivity (Wildman–Crippen MR) is 114 cm³/mol. The second-order valence-corrected chi connectivity index (χ2v) is 6.29. The molecule has 0 saturated carbocycles. The van der Waals surface area contributed by atoms with E-state index >= 15 is 0 Å². The Hall–Kier alpha value is -3.54. The lowest BCUT2D eigenvalue weighted by molar-refractivity contribution is -0.115. The smallest absolute Gasteiger partial charge is 0.251 e. The summed E-state index contributed by atoms with van der Waals surface area (Å²) in [5, 5.41) is 7.47. The van der Waals surface area contributed by atoms with E-state index < -0.39 is 0 Å². The molecular formula is C23H24N2O4. The van der Waals surface area contributed by atoms with Gasteiger partial charge in [0.25, 0.3) is 5.91 Å². The zero-order valence-electron chi connectivity index (χ0n) is 16.5. The SMILES string of the molecule is CCOc1ccc(C(=O)NCC(=O)Nc2cccc3ccccc23)cc1OCC. The van der Waals surface area contributed by atoms with E-state index in [1.165, 1.54) is 0 Å². The fraction of sp³-hybridized carbons (Fsp3) is 0.217. The first-order valence-electron chi connectivity index (χ1n) is 9.57. The molecule has 29 heavy (non-hydrogen) atoms. The molecular weight excluding hydrogens is 368 g/mol. The molecule has 3 rings (SSSR count). The van der Waals surface area contributed by atoms with Crippen molar-refractivity contribution in [3.8, 4) is 11.5 Å². The quantitative estimate of drug-likeness (QED) is 0.607. The van der Waals surface area contributed by atoms with Gasteiger partial charge in [0.05, 0.1) is 19.8 Å². The van der Waals surface area contributed by atoms with Gasteiger partial charge in [0.15, 0.2) is 11.5 Å². The fourth-order valence-corrected chi connectivity index (χ4v) is 2.98. The van der Waals surface area contributed by atoms with Gasteiger partial charge in [-0.25, -0.2) is 0 Å². The third-order valence-corrected chi connectivity index (χ3v) is 4.28. The number of nitrogens with one attached hydrogen (secondary N) is 2. The van der Waals surface area contributed by atoms with Crippen molar-refractivity contribution >= 4 is 28.3 Å². The van der Waals surface area contributed by atoms with Gasteiger partial charge >= 0.3 is 0 Å². The van der Waals surface area contributed by atoms with E-state index in [1.54, 1.807) is 18.2 Å². The predicted octanol–water partition coefficient (Wildman–Crippen LogP) is 4.01. The molecule has 3 aromatic carbocycles. The Labute approximate surface area is 169 Å². The van der Waals surface area contributed by atoms with Gasteiger partial charge in [-0.1, -0.05) is 36.4 Å². The van der Waals surface area contributed by atoms with Crippen LogP contribution in [0.4, 0.5) is 5.69 Å². The van der Waals surface area contributed by atoms with E-state index in [9.17, 15) is 9.59 Å². The summed E-state index contributed by atoms with van der Waals surface area (Å²) in [6.07, 6.45) is 0. The van der Waals surface area contributed by atoms with Gasteiger partial charge in [-0.05, 0) is 43.5 Å². The lowest BCUT2D eigenvalue weighted by Crippen LogP contribution is -2.32.